The van der Waals surface area contributed by atoms with E-state index in [2.05, 4.69) is 19.3 Å². The van der Waals surface area contributed by atoms with E-state index in [4.69, 9.17) is 29.0 Å². The minimum Gasteiger partial charge on any atom is -0.271 e. The standard InChI is InChI=1S/C11H16Cl2N2/c1-3-7(2)11(15-14)9-6-8(12)4-5-10(9)13/h4-7,11,15H,3,14H2,1-2H3. The van der Waals surface area contributed by atoms with E-state index in [0.717, 1.165) is 12.0 Å². The molecule has 0 aliphatic rings. The van der Waals surface area contributed by atoms with Crippen molar-refractivity contribution in [1.29, 1.82) is 0 Å². The van der Waals surface area contributed by atoms with Gasteiger partial charge in [-0.2, -0.15) is 0 Å². The first-order valence-corrected chi connectivity index (χ1v) is 5.76. The molecule has 0 saturated heterocycles. The highest BCUT2D eigenvalue weighted by atomic mass is 35.5. The Morgan fingerprint density at radius 3 is 2.60 bits per heavy atom. The average molecular weight is 247 g/mol. The Morgan fingerprint density at radius 2 is 2.07 bits per heavy atom. The zero-order chi connectivity index (χ0) is 11.4. The number of halogens is 2. The van der Waals surface area contributed by atoms with E-state index in [0.29, 0.717) is 16.0 Å². The molecule has 0 amide bonds. The SMILES string of the molecule is CCC(C)C(NN)c1cc(Cl)ccc1Cl. The molecule has 0 heterocycles. The summed E-state index contributed by atoms with van der Waals surface area (Å²) in [7, 11) is 0. The van der Waals surface area contributed by atoms with E-state index in [-0.39, 0.29) is 6.04 Å². The van der Waals surface area contributed by atoms with Gasteiger partial charge in [0, 0.05) is 10.0 Å². The Kier molecular flexibility index (Phi) is 4.87. The van der Waals surface area contributed by atoms with Crippen molar-refractivity contribution in [3.8, 4) is 0 Å². The van der Waals surface area contributed by atoms with Crippen LogP contribution < -0.4 is 11.3 Å². The molecule has 15 heavy (non-hydrogen) atoms. The Bertz CT molecular complexity index is 328. The Labute approximate surface area is 101 Å². The van der Waals surface area contributed by atoms with Crippen LogP contribution in [0.5, 0.6) is 0 Å². The molecular formula is C11H16Cl2N2. The Morgan fingerprint density at radius 1 is 1.40 bits per heavy atom. The van der Waals surface area contributed by atoms with E-state index in [1.807, 2.05) is 6.07 Å². The molecule has 0 fully saturated rings. The Balaban J connectivity index is 3.05. The fraction of sp³-hybridized carbons (Fsp3) is 0.455. The molecule has 84 valence electrons. The van der Waals surface area contributed by atoms with Crippen molar-refractivity contribution in [2.75, 3.05) is 0 Å². The fourth-order valence-corrected chi connectivity index (χ4v) is 1.96. The van der Waals surface area contributed by atoms with Gasteiger partial charge in [-0.1, -0.05) is 43.5 Å². The molecule has 0 spiro atoms. The number of benzene rings is 1. The van der Waals surface area contributed by atoms with Crippen molar-refractivity contribution in [2.45, 2.75) is 26.3 Å². The van der Waals surface area contributed by atoms with Crippen LogP contribution in [0.1, 0.15) is 31.9 Å². The van der Waals surface area contributed by atoms with E-state index < -0.39 is 0 Å². The van der Waals surface area contributed by atoms with Crippen LogP contribution in [0, 0.1) is 5.92 Å². The zero-order valence-corrected chi connectivity index (χ0v) is 10.4. The van der Waals surface area contributed by atoms with Gasteiger partial charge in [-0.25, -0.2) is 0 Å². The monoisotopic (exact) mass is 246 g/mol. The molecule has 0 aliphatic heterocycles. The summed E-state index contributed by atoms with van der Waals surface area (Å²) in [4.78, 5) is 0. The largest absolute Gasteiger partial charge is 0.271 e. The minimum absolute atomic E-state index is 0.0428. The van der Waals surface area contributed by atoms with Gasteiger partial charge in [-0.3, -0.25) is 11.3 Å². The van der Waals surface area contributed by atoms with Crippen LogP contribution in [-0.4, -0.2) is 0 Å². The lowest BCUT2D eigenvalue weighted by atomic mass is 9.93. The minimum atomic E-state index is 0.0428. The second-order valence-electron chi connectivity index (χ2n) is 3.70. The van der Waals surface area contributed by atoms with Gasteiger partial charge < -0.3 is 0 Å². The molecule has 0 aromatic heterocycles. The molecule has 3 N–H and O–H groups in total. The van der Waals surface area contributed by atoms with Crippen molar-refractivity contribution < 1.29 is 0 Å². The van der Waals surface area contributed by atoms with Gasteiger partial charge in [0.05, 0.1) is 6.04 Å². The summed E-state index contributed by atoms with van der Waals surface area (Å²) in [6, 6.07) is 5.48. The van der Waals surface area contributed by atoms with Crippen LogP contribution in [0.15, 0.2) is 18.2 Å². The molecule has 1 aromatic carbocycles. The summed E-state index contributed by atoms with van der Waals surface area (Å²) in [5.74, 6) is 5.96. The highest BCUT2D eigenvalue weighted by Gasteiger charge is 2.19. The second-order valence-corrected chi connectivity index (χ2v) is 4.54. The van der Waals surface area contributed by atoms with E-state index in [1.54, 1.807) is 12.1 Å². The van der Waals surface area contributed by atoms with Gasteiger partial charge >= 0.3 is 0 Å². The van der Waals surface area contributed by atoms with Crippen molar-refractivity contribution in [2.24, 2.45) is 11.8 Å². The number of rotatable bonds is 4. The third kappa shape index (κ3) is 3.08. The van der Waals surface area contributed by atoms with Crippen LogP contribution in [0.4, 0.5) is 0 Å². The highest BCUT2D eigenvalue weighted by Crippen LogP contribution is 2.31. The van der Waals surface area contributed by atoms with Crippen LogP contribution in [0.25, 0.3) is 0 Å². The van der Waals surface area contributed by atoms with E-state index in [1.165, 1.54) is 0 Å². The van der Waals surface area contributed by atoms with Gasteiger partial charge in [0.15, 0.2) is 0 Å². The smallest absolute Gasteiger partial charge is 0.0500 e. The van der Waals surface area contributed by atoms with Gasteiger partial charge in [-0.05, 0) is 29.7 Å². The van der Waals surface area contributed by atoms with Gasteiger partial charge in [0.1, 0.15) is 0 Å². The first kappa shape index (κ1) is 12.8. The third-order valence-electron chi connectivity index (χ3n) is 2.69. The Hall–Kier alpha value is -0.280. The summed E-state index contributed by atoms with van der Waals surface area (Å²) in [5.41, 5.74) is 3.75. The normalized spacial score (nSPS) is 15.0. The second kappa shape index (κ2) is 5.71. The van der Waals surface area contributed by atoms with Crippen molar-refractivity contribution in [3.63, 3.8) is 0 Å². The van der Waals surface area contributed by atoms with Crippen LogP contribution in [0.2, 0.25) is 10.0 Å². The lowest BCUT2D eigenvalue weighted by molar-refractivity contribution is 0.383. The average Bonchev–Trinajstić information content (AvgIpc) is 2.23. The van der Waals surface area contributed by atoms with Crippen molar-refractivity contribution in [1.82, 2.24) is 5.43 Å². The maximum Gasteiger partial charge on any atom is 0.0500 e. The molecule has 2 atom stereocenters. The summed E-state index contributed by atoms with van der Waals surface area (Å²) >= 11 is 12.1. The molecule has 1 rings (SSSR count). The van der Waals surface area contributed by atoms with Gasteiger partial charge in [0.25, 0.3) is 0 Å². The zero-order valence-electron chi connectivity index (χ0n) is 8.93. The fourth-order valence-electron chi connectivity index (χ4n) is 1.55. The first-order valence-electron chi connectivity index (χ1n) is 5.01. The molecule has 0 bridgehead atoms. The third-order valence-corrected chi connectivity index (χ3v) is 3.26. The van der Waals surface area contributed by atoms with Crippen LogP contribution in [0.3, 0.4) is 0 Å². The highest BCUT2D eigenvalue weighted by molar-refractivity contribution is 6.33. The molecule has 1 aromatic rings. The molecule has 2 unspecified atom stereocenters. The number of nitrogens with two attached hydrogens (primary N) is 1. The number of nitrogens with one attached hydrogen (secondary N) is 1. The van der Waals surface area contributed by atoms with E-state index in [9.17, 15) is 0 Å². The van der Waals surface area contributed by atoms with Gasteiger partial charge in [-0.15, -0.1) is 0 Å². The maximum absolute atomic E-state index is 6.12. The predicted molar refractivity (Wildman–Crippen MR) is 66.0 cm³/mol. The quantitative estimate of drug-likeness (QED) is 0.630. The lowest BCUT2D eigenvalue weighted by Gasteiger charge is -2.23. The molecular weight excluding hydrogens is 231 g/mol. The molecule has 2 nitrogen and oxygen atoms in total. The first-order chi connectivity index (χ1) is 7.10. The molecule has 0 radical (unpaired) electrons. The number of hydrogen-bond donors (Lipinski definition) is 2. The summed E-state index contributed by atoms with van der Waals surface area (Å²) < 4.78 is 0. The topological polar surface area (TPSA) is 38.0 Å². The van der Waals surface area contributed by atoms with Gasteiger partial charge in [0.2, 0.25) is 0 Å². The number of hydrogen-bond acceptors (Lipinski definition) is 2. The van der Waals surface area contributed by atoms with Crippen molar-refractivity contribution >= 4 is 23.2 Å². The summed E-state index contributed by atoms with van der Waals surface area (Å²) in [6.45, 7) is 4.25. The van der Waals surface area contributed by atoms with E-state index >= 15 is 0 Å². The lowest BCUT2D eigenvalue weighted by Crippen LogP contribution is -2.32. The van der Waals surface area contributed by atoms with Crippen LogP contribution in [-0.2, 0) is 0 Å². The maximum atomic E-state index is 6.12. The molecule has 0 saturated carbocycles. The number of hydrazine groups is 1. The summed E-state index contributed by atoms with van der Waals surface area (Å²) in [6.07, 6.45) is 1.03. The summed E-state index contributed by atoms with van der Waals surface area (Å²) in [5, 5.41) is 1.38. The molecule has 4 heteroatoms. The van der Waals surface area contributed by atoms with Crippen LogP contribution >= 0.6 is 23.2 Å². The molecule has 0 aliphatic carbocycles. The predicted octanol–water partition coefficient (Wildman–Crippen LogP) is 3.54. The van der Waals surface area contributed by atoms with Crippen molar-refractivity contribution in [3.05, 3.63) is 33.8 Å².